The van der Waals surface area contributed by atoms with Gasteiger partial charge in [0.25, 0.3) is 0 Å². The number of likely N-dealkylation sites (N-methyl/N-ethyl adjacent to an activating group) is 1. The second-order valence-corrected chi connectivity index (χ2v) is 2.60. The van der Waals surface area contributed by atoms with Crippen molar-refractivity contribution in [3.8, 4) is 0 Å². The molecule has 0 amide bonds. The monoisotopic (exact) mass is 160 g/mol. The number of nitrogens with zero attached hydrogens (tertiary/aromatic N) is 1. The molecular weight excluding hydrogens is 144 g/mol. The quantitative estimate of drug-likeness (QED) is 0.531. The summed E-state index contributed by atoms with van der Waals surface area (Å²) in [6.07, 6.45) is 0.708. The van der Waals surface area contributed by atoms with Crippen molar-refractivity contribution < 1.29 is 9.53 Å². The molecule has 0 aromatic heterocycles. The molecule has 0 aliphatic carbocycles. The van der Waals surface area contributed by atoms with Gasteiger partial charge < -0.3 is 20.2 Å². The van der Waals surface area contributed by atoms with Gasteiger partial charge in [0.2, 0.25) is 0 Å². The molecule has 0 aromatic rings. The fourth-order valence-electron chi connectivity index (χ4n) is 0.815. The van der Waals surface area contributed by atoms with Crippen LogP contribution < -0.4 is 5.73 Å². The number of aldehydes is 1. The molecule has 0 radical (unpaired) electrons. The van der Waals surface area contributed by atoms with Crippen molar-refractivity contribution in [3.05, 3.63) is 0 Å². The van der Waals surface area contributed by atoms with Crippen LogP contribution in [0.3, 0.4) is 0 Å². The van der Waals surface area contributed by atoms with Gasteiger partial charge in [0.1, 0.15) is 12.9 Å². The van der Waals surface area contributed by atoms with E-state index in [1.54, 1.807) is 0 Å². The lowest BCUT2D eigenvalue weighted by atomic mass is 10.2. The molecule has 1 heterocycles. The van der Waals surface area contributed by atoms with Crippen LogP contribution in [-0.2, 0) is 9.53 Å². The maximum Gasteiger partial charge on any atom is 0.145 e. The number of rotatable bonds is 2. The maximum absolute atomic E-state index is 9.28. The summed E-state index contributed by atoms with van der Waals surface area (Å²) in [5.74, 6) is 0. The van der Waals surface area contributed by atoms with Gasteiger partial charge in [-0.15, -0.1) is 0 Å². The summed E-state index contributed by atoms with van der Waals surface area (Å²) in [5.41, 5.74) is 5.43. The Balaban J connectivity index is 0.000000187. The lowest BCUT2D eigenvalue weighted by molar-refractivity contribution is -0.110. The predicted molar refractivity (Wildman–Crippen MR) is 43.4 cm³/mol. The molecule has 0 unspecified atom stereocenters. The molecule has 11 heavy (non-hydrogen) atoms. The molecule has 1 aliphatic heterocycles. The van der Waals surface area contributed by atoms with Crippen LogP contribution in [0.25, 0.3) is 0 Å². The van der Waals surface area contributed by atoms with E-state index in [1.165, 1.54) is 7.11 Å². The Morgan fingerprint density at radius 1 is 1.73 bits per heavy atom. The molecular formula is C7H16N2O2. The minimum absolute atomic E-state index is 0.208. The van der Waals surface area contributed by atoms with E-state index in [1.807, 2.05) is 0 Å². The Kier molecular flexibility index (Phi) is 6.02. The first-order valence-corrected chi connectivity index (χ1v) is 3.57. The third-order valence-corrected chi connectivity index (χ3v) is 1.33. The van der Waals surface area contributed by atoms with Crippen LogP contribution in [0.1, 0.15) is 0 Å². The first-order chi connectivity index (χ1) is 5.20. The topological polar surface area (TPSA) is 55.6 Å². The fourth-order valence-corrected chi connectivity index (χ4v) is 0.815. The smallest absolute Gasteiger partial charge is 0.145 e. The van der Waals surface area contributed by atoms with Gasteiger partial charge in [-0.05, 0) is 7.05 Å². The number of ether oxygens (including phenoxy) is 1. The second-order valence-electron chi connectivity index (χ2n) is 2.60. The van der Waals surface area contributed by atoms with E-state index in [9.17, 15) is 4.79 Å². The Labute approximate surface area is 67.3 Å². The van der Waals surface area contributed by atoms with Gasteiger partial charge in [-0.1, -0.05) is 0 Å². The van der Waals surface area contributed by atoms with Crippen molar-refractivity contribution in [3.63, 3.8) is 0 Å². The molecule has 1 aliphatic rings. The molecule has 1 fully saturated rings. The predicted octanol–water partition coefficient (Wildman–Crippen LogP) is -0.909. The number of likely N-dealkylation sites (tertiary alicyclic amines) is 1. The summed E-state index contributed by atoms with van der Waals surface area (Å²) in [6.45, 7) is 2.38. The summed E-state index contributed by atoms with van der Waals surface area (Å²) in [7, 11) is 3.55. The SMILES string of the molecule is CN1CC(N)C1.COCC=O. The van der Waals surface area contributed by atoms with Crippen LogP contribution >= 0.6 is 0 Å². The van der Waals surface area contributed by atoms with E-state index >= 15 is 0 Å². The van der Waals surface area contributed by atoms with Crippen LogP contribution in [0.5, 0.6) is 0 Å². The summed E-state index contributed by atoms with van der Waals surface area (Å²) in [6, 6.07) is 0.468. The highest BCUT2D eigenvalue weighted by molar-refractivity contribution is 5.50. The minimum Gasteiger partial charge on any atom is -0.377 e. The van der Waals surface area contributed by atoms with E-state index in [2.05, 4.69) is 16.7 Å². The van der Waals surface area contributed by atoms with E-state index < -0.39 is 0 Å². The molecule has 1 rings (SSSR count). The summed E-state index contributed by atoms with van der Waals surface area (Å²) in [5, 5.41) is 0. The molecule has 0 aromatic carbocycles. The van der Waals surface area contributed by atoms with E-state index in [4.69, 9.17) is 5.73 Å². The Hall–Kier alpha value is -0.450. The fraction of sp³-hybridized carbons (Fsp3) is 0.857. The first-order valence-electron chi connectivity index (χ1n) is 3.57. The average molecular weight is 160 g/mol. The van der Waals surface area contributed by atoms with Crippen LogP contribution in [0.4, 0.5) is 0 Å². The molecule has 0 bridgehead atoms. The van der Waals surface area contributed by atoms with Crippen molar-refractivity contribution in [2.45, 2.75) is 6.04 Å². The minimum atomic E-state index is 0.208. The zero-order chi connectivity index (χ0) is 8.69. The van der Waals surface area contributed by atoms with Crippen molar-refractivity contribution in [2.24, 2.45) is 5.73 Å². The van der Waals surface area contributed by atoms with Crippen molar-refractivity contribution >= 4 is 6.29 Å². The normalized spacial score (nSPS) is 18.1. The second kappa shape index (κ2) is 6.27. The Morgan fingerprint density at radius 2 is 2.27 bits per heavy atom. The van der Waals surface area contributed by atoms with Gasteiger partial charge in [0.15, 0.2) is 0 Å². The molecule has 0 atom stereocenters. The lowest BCUT2D eigenvalue weighted by Crippen LogP contribution is -2.53. The average Bonchev–Trinajstić information content (AvgIpc) is 1.88. The third-order valence-electron chi connectivity index (χ3n) is 1.33. The summed E-state index contributed by atoms with van der Waals surface area (Å²) < 4.78 is 4.32. The van der Waals surface area contributed by atoms with Gasteiger partial charge in [-0.2, -0.15) is 0 Å². The molecule has 4 nitrogen and oxygen atoms in total. The zero-order valence-corrected chi connectivity index (χ0v) is 7.12. The lowest BCUT2D eigenvalue weighted by Gasteiger charge is -2.32. The highest BCUT2D eigenvalue weighted by atomic mass is 16.5. The van der Waals surface area contributed by atoms with Crippen molar-refractivity contribution in [2.75, 3.05) is 33.9 Å². The Bertz CT molecular complexity index is 96.6. The van der Waals surface area contributed by atoms with E-state index in [-0.39, 0.29) is 6.61 Å². The highest BCUT2D eigenvalue weighted by Gasteiger charge is 2.17. The summed E-state index contributed by atoms with van der Waals surface area (Å²) in [4.78, 5) is 11.5. The first kappa shape index (κ1) is 10.6. The van der Waals surface area contributed by atoms with Gasteiger partial charge in [-0.25, -0.2) is 0 Å². The third kappa shape index (κ3) is 5.97. The van der Waals surface area contributed by atoms with E-state index in [0.717, 1.165) is 13.1 Å². The number of hydrogen-bond donors (Lipinski definition) is 1. The number of carbonyl (C=O) groups excluding carboxylic acids is 1. The van der Waals surface area contributed by atoms with Crippen LogP contribution in [0, 0.1) is 0 Å². The van der Waals surface area contributed by atoms with E-state index in [0.29, 0.717) is 12.3 Å². The number of hydrogen-bond acceptors (Lipinski definition) is 4. The van der Waals surface area contributed by atoms with Crippen LogP contribution in [0.2, 0.25) is 0 Å². The highest BCUT2D eigenvalue weighted by Crippen LogP contribution is 1.98. The largest absolute Gasteiger partial charge is 0.377 e. The summed E-state index contributed by atoms with van der Waals surface area (Å²) >= 11 is 0. The molecule has 4 heteroatoms. The number of methoxy groups -OCH3 is 1. The maximum atomic E-state index is 9.28. The van der Waals surface area contributed by atoms with Gasteiger partial charge >= 0.3 is 0 Å². The Morgan fingerprint density at radius 3 is 2.27 bits per heavy atom. The molecule has 66 valence electrons. The number of carbonyl (C=O) groups is 1. The molecule has 2 N–H and O–H groups in total. The number of nitrogens with two attached hydrogens (primary N) is 1. The van der Waals surface area contributed by atoms with Crippen molar-refractivity contribution in [1.82, 2.24) is 4.90 Å². The van der Waals surface area contributed by atoms with Gasteiger partial charge in [0.05, 0.1) is 0 Å². The van der Waals surface area contributed by atoms with Crippen LogP contribution in [0.15, 0.2) is 0 Å². The van der Waals surface area contributed by atoms with Crippen molar-refractivity contribution in [1.29, 1.82) is 0 Å². The molecule has 0 saturated carbocycles. The molecule has 1 saturated heterocycles. The zero-order valence-electron chi connectivity index (χ0n) is 7.12. The van der Waals surface area contributed by atoms with Gasteiger partial charge in [0, 0.05) is 26.2 Å². The standard InChI is InChI=1S/C4H10N2.C3H6O2/c1-6-2-4(5)3-6;1-5-3-2-4/h4H,2-3,5H2,1H3;2H,3H2,1H3. The van der Waals surface area contributed by atoms with Gasteiger partial charge in [-0.3, -0.25) is 0 Å². The molecule has 0 spiro atoms. The van der Waals surface area contributed by atoms with Crippen LogP contribution in [-0.4, -0.2) is 51.1 Å².